The van der Waals surface area contributed by atoms with E-state index in [0.29, 0.717) is 16.3 Å². The van der Waals surface area contributed by atoms with Crippen LogP contribution in [-0.2, 0) is 9.53 Å². The van der Waals surface area contributed by atoms with Crippen molar-refractivity contribution < 1.29 is 14.3 Å². The number of benzene rings is 1. The summed E-state index contributed by atoms with van der Waals surface area (Å²) in [6.07, 6.45) is 0. The quantitative estimate of drug-likeness (QED) is 0.827. The van der Waals surface area contributed by atoms with Crippen molar-refractivity contribution in [3.05, 3.63) is 28.8 Å². The number of hydrogen-bond donors (Lipinski definition) is 1. The first-order valence-corrected chi connectivity index (χ1v) is 8.04. The van der Waals surface area contributed by atoms with Crippen LogP contribution < -0.4 is 5.32 Å². The lowest BCUT2D eigenvalue weighted by Crippen LogP contribution is -2.49. The average molecular weight is 340 g/mol. The zero-order valence-corrected chi connectivity index (χ0v) is 14.2. The van der Waals surface area contributed by atoms with Gasteiger partial charge in [0, 0.05) is 26.2 Å². The summed E-state index contributed by atoms with van der Waals surface area (Å²) in [4.78, 5) is 28.0. The van der Waals surface area contributed by atoms with E-state index in [4.69, 9.17) is 11.6 Å². The van der Waals surface area contributed by atoms with E-state index in [0.717, 1.165) is 32.7 Å². The number of ether oxygens (including phenoxy) is 1. The van der Waals surface area contributed by atoms with Crippen LogP contribution in [0.5, 0.6) is 0 Å². The van der Waals surface area contributed by atoms with E-state index in [9.17, 15) is 9.59 Å². The van der Waals surface area contributed by atoms with Gasteiger partial charge in [0.25, 0.3) is 0 Å². The molecule has 0 spiro atoms. The highest BCUT2D eigenvalue weighted by Crippen LogP contribution is 2.23. The van der Waals surface area contributed by atoms with Gasteiger partial charge in [-0.2, -0.15) is 0 Å². The van der Waals surface area contributed by atoms with Crippen LogP contribution in [0.3, 0.4) is 0 Å². The third-order valence-corrected chi connectivity index (χ3v) is 4.32. The second-order valence-corrected chi connectivity index (χ2v) is 5.76. The Kier molecular flexibility index (Phi) is 6.24. The molecule has 0 atom stereocenters. The number of anilines is 1. The predicted octanol–water partition coefficient (Wildman–Crippen LogP) is 1.70. The van der Waals surface area contributed by atoms with E-state index in [1.807, 2.05) is 4.90 Å². The third kappa shape index (κ3) is 4.59. The van der Waals surface area contributed by atoms with Gasteiger partial charge in [0.05, 0.1) is 29.9 Å². The number of carbonyl (C=O) groups is 2. The fourth-order valence-corrected chi connectivity index (χ4v) is 2.69. The second kappa shape index (κ2) is 8.17. The number of piperazine rings is 1. The number of esters is 1. The van der Waals surface area contributed by atoms with Gasteiger partial charge in [0.1, 0.15) is 0 Å². The van der Waals surface area contributed by atoms with Gasteiger partial charge < -0.3 is 19.9 Å². The lowest BCUT2D eigenvalue weighted by molar-refractivity contribution is -0.131. The van der Waals surface area contributed by atoms with Gasteiger partial charge in [-0.1, -0.05) is 18.5 Å². The first kappa shape index (κ1) is 17.6. The van der Waals surface area contributed by atoms with Crippen LogP contribution in [-0.4, -0.2) is 68.1 Å². The molecule has 2 rings (SSSR count). The van der Waals surface area contributed by atoms with Crippen molar-refractivity contribution in [3.8, 4) is 0 Å². The van der Waals surface area contributed by atoms with Gasteiger partial charge in [0.15, 0.2) is 0 Å². The molecule has 7 heteroatoms. The molecule has 1 aliphatic rings. The van der Waals surface area contributed by atoms with E-state index in [2.05, 4.69) is 21.9 Å². The zero-order valence-electron chi connectivity index (χ0n) is 13.5. The summed E-state index contributed by atoms with van der Waals surface area (Å²) in [5, 5.41) is 3.47. The van der Waals surface area contributed by atoms with E-state index >= 15 is 0 Å². The highest BCUT2D eigenvalue weighted by molar-refractivity contribution is 6.33. The number of halogens is 1. The predicted molar refractivity (Wildman–Crippen MR) is 90.0 cm³/mol. The molecule has 0 aromatic heterocycles. The van der Waals surface area contributed by atoms with Gasteiger partial charge in [0.2, 0.25) is 5.91 Å². The van der Waals surface area contributed by atoms with Crippen molar-refractivity contribution in [1.29, 1.82) is 0 Å². The van der Waals surface area contributed by atoms with E-state index in [-0.39, 0.29) is 12.5 Å². The highest BCUT2D eigenvalue weighted by atomic mass is 35.5. The number of likely N-dealkylation sites (N-methyl/N-ethyl adjacent to an activating group) is 1. The Balaban J connectivity index is 1.92. The first-order valence-electron chi connectivity index (χ1n) is 7.67. The normalized spacial score (nSPS) is 15.3. The molecule has 0 radical (unpaired) electrons. The molecule has 1 aromatic carbocycles. The maximum Gasteiger partial charge on any atom is 0.337 e. The summed E-state index contributed by atoms with van der Waals surface area (Å²) in [7, 11) is 1.32. The lowest BCUT2D eigenvalue weighted by Gasteiger charge is -2.34. The molecule has 1 N–H and O–H groups in total. The van der Waals surface area contributed by atoms with Crippen molar-refractivity contribution in [1.82, 2.24) is 9.80 Å². The molecule has 1 heterocycles. The summed E-state index contributed by atoms with van der Waals surface area (Å²) in [6.45, 7) is 6.57. The number of carbonyl (C=O) groups excluding carboxylic acids is 2. The smallest absolute Gasteiger partial charge is 0.337 e. The molecule has 0 saturated carbocycles. The molecule has 1 aliphatic heterocycles. The van der Waals surface area contributed by atoms with Crippen molar-refractivity contribution in [2.24, 2.45) is 0 Å². The van der Waals surface area contributed by atoms with E-state index in [1.165, 1.54) is 7.11 Å². The minimum absolute atomic E-state index is 0.0280. The number of rotatable bonds is 5. The number of nitrogens with one attached hydrogen (secondary N) is 1. The molecule has 1 amide bonds. The SMILES string of the molecule is CCN1CCN(C(=O)CNc2cc(C(=O)OC)ccc2Cl)CC1. The van der Waals surface area contributed by atoms with Crippen molar-refractivity contribution in [3.63, 3.8) is 0 Å². The van der Waals surface area contributed by atoms with Gasteiger partial charge >= 0.3 is 5.97 Å². The largest absolute Gasteiger partial charge is 0.465 e. The van der Waals surface area contributed by atoms with Crippen LogP contribution in [0.4, 0.5) is 5.69 Å². The molecule has 6 nitrogen and oxygen atoms in total. The van der Waals surface area contributed by atoms with Gasteiger partial charge in [-0.3, -0.25) is 4.79 Å². The molecule has 1 fully saturated rings. The fraction of sp³-hybridized carbons (Fsp3) is 0.500. The Morgan fingerprint density at radius 1 is 1.26 bits per heavy atom. The topological polar surface area (TPSA) is 61.9 Å². The minimum Gasteiger partial charge on any atom is -0.465 e. The Morgan fingerprint density at radius 2 is 1.96 bits per heavy atom. The van der Waals surface area contributed by atoms with Crippen molar-refractivity contribution in [2.45, 2.75) is 6.92 Å². The van der Waals surface area contributed by atoms with Crippen LogP contribution in [0, 0.1) is 0 Å². The Hall–Kier alpha value is -1.79. The maximum absolute atomic E-state index is 12.3. The Bertz CT molecular complexity index is 572. The van der Waals surface area contributed by atoms with Crippen LogP contribution in [0.1, 0.15) is 17.3 Å². The van der Waals surface area contributed by atoms with E-state index < -0.39 is 5.97 Å². The van der Waals surface area contributed by atoms with E-state index in [1.54, 1.807) is 18.2 Å². The molecule has 0 aliphatic carbocycles. The summed E-state index contributed by atoms with van der Waals surface area (Å²) < 4.78 is 4.68. The van der Waals surface area contributed by atoms with Crippen LogP contribution in [0.15, 0.2) is 18.2 Å². The van der Waals surface area contributed by atoms with Crippen LogP contribution >= 0.6 is 11.6 Å². The third-order valence-electron chi connectivity index (χ3n) is 3.99. The standard InChI is InChI=1S/C16H22ClN3O3/c1-3-19-6-8-20(9-7-19)15(21)11-18-14-10-12(16(22)23-2)4-5-13(14)17/h4-5,10,18H,3,6-9,11H2,1-2H3. The lowest BCUT2D eigenvalue weighted by atomic mass is 10.2. The molecule has 0 bridgehead atoms. The zero-order chi connectivity index (χ0) is 16.8. The molecular weight excluding hydrogens is 318 g/mol. The number of nitrogens with zero attached hydrogens (tertiary/aromatic N) is 2. The van der Waals surface area contributed by atoms with Crippen LogP contribution in [0.2, 0.25) is 5.02 Å². The van der Waals surface area contributed by atoms with Gasteiger partial charge in [-0.05, 0) is 24.7 Å². The van der Waals surface area contributed by atoms with Crippen molar-refractivity contribution >= 4 is 29.2 Å². The highest BCUT2D eigenvalue weighted by Gasteiger charge is 2.20. The maximum atomic E-state index is 12.3. The molecule has 23 heavy (non-hydrogen) atoms. The Labute approximate surface area is 141 Å². The molecule has 0 unspecified atom stereocenters. The summed E-state index contributed by atoms with van der Waals surface area (Å²) in [5.41, 5.74) is 0.943. The van der Waals surface area contributed by atoms with Crippen LogP contribution in [0.25, 0.3) is 0 Å². The molecule has 1 aromatic rings. The molecule has 1 saturated heterocycles. The molecular formula is C16H22ClN3O3. The first-order chi connectivity index (χ1) is 11.0. The van der Waals surface area contributed by atoms with Crippen molar-refractivity contribution in [2.75, 3.05) is 51.7 Å². The second-order valence-electron chi connectivity index (χ2n) is 5.35. The Morgan fingerprint density at radius 3 is 2.57 bits per heavy atom. The number of hydrogen-bond acceptors (Lipinski definition) is 5. The number of methoxy groups -OCH3 is 1. The van der Waals surface area contributed by atoms with Gasteiger partial charge in [-0.25, -0.2) is 4.79 Å². The summed E-state index contributed by atoms with van der Waals surface area (Å²) in [6, 6.07) is 4.79. The van der Waals surface area contributed by atoms with Gasteiger partial charge in [-0.15, -0.1) is 0 Å². The average Bonchev–Trinajstić information content (AvgIpc) is 2.60. The minimum atomic E-state index is -0.438. The molecule has 126 valence electrons. The fourth-order valence-electron chi connectivity index (χ4n) is 2.50. The summed E-state index contributed by atoms with van der Waals surface area (Å²) >= 11 is 6.11. The number of amides is 1. The monoisotopic (exact) mass is 339 g/mol. The summed E-state index contributed by atoms with van der Waals surface area (Å²) in [5.74, 6) is -0.410.